The summed E-state index contributed by atoms with van der Waals surface area (Å²) in [6, 6.07) is 4.47. The second kappa shape index (κ2) is 12.8. The molecular formula is C24H38F3NO4. The summed E-state index contributed by atoms with van der Waals surface area (Å²) in [5.74, 6) is 0.227. The minimum Gasteiger partial charge on any atom is -0.491 e. The Hall–Kier alpha value is -1.35. The van der Waals surface area contributed by atoms with Crippen molar-refractivity contribution in [1.29, 1.82) is 0 Å². The van der Waals surface area contributed by atoms with Gasteiger partial charge in [0.05, 0.1) is 17.8 Å². The van der Waals surface area contributed by atoms with Crippen LogP contribution in [0.2, 0.25) is 0 Å². The smallest absolute Gasteiger partial charge is 0.416 e. The molecule has 5 nitrogen and oxygen atoms in total. The fourth-order valence-corrected chi connectivity index (χ4v) is 4.75. The lowest BCUT2D eigenvalue weighted by atomic mass is 9.92. The summed E-state index contributed by atoms with van der Waals surface area (Å²) < 4.78 is 49.6. The Morgan fingerprint density at radius 2 is 1.91 bits per heavy atom. The number of ether oxygens (including phenoxy) is 2. The van der Waals surface area contributed by atoms with E-state index in [2.05, 4.69) is 6.92 Å². The highest BCUT2D eigenvalue weighted by Gasteiger charge is 2.44. The number of halogens is 3. The van der Waals surface area contributed by atoms with E-state index < -0.39 is 23.9 Å². The third-order valence-electron chi connectivity index (χ3n) is 6.34. The van der Waals surface area contributed by atoms with Gasteiger partial charge in [0.1, 0.15) is 18.5 Å². The van der Waals surface area contributed by atoms with Crippen molar-refractivity contribution >= 4 is 0 Å². The van der Waals surface area contributed by atoms with Gasteiger partial charge in [-0.2, -0.15) is 13.2 Å². The van der Waals surface area contributed by atoms with E-state index in [1.165, 1.54) is 31.4 Å². The molecule has 8 heteroatoms. The van der Waals surface area contributed by atoms with E-state index >= 15 is 0 Å². The molecule has 184 valence electrons. The molecule has 0 spiro atoms. The van der Waals surface area contributed by atoms with E-state index in [0.29, 0.717) is 6.42 Å². The molecule has 0 heterocycles. The van der Waals surface area contributed by atoms with Crippen molar-refractivity contribution in [3.05, 3.63) is 29.8 Å². The summed E-state index contributed by atoms with van der Waals surface area (Å²) in [6.07, 6.45) is 1.42. The van der Waals surface area contributed by atoms with Crippen LogP contribution in [0.3, 0.4) is 0 Å². The summed E-state index contributed by atoms with van der Waals surface area (Å²) in [7, 11) is 3.52. The molecule has 1 aliphatic carbocycles. The number of aliphatic hydroxyl groups excluding tert-OH is 2. The number of methoxy groups -OCH3 is 1. The molecule has 0 saturated heterocycles. The normalized spacial score (nSPS) is 24.8. The first-order valence-corrected chi connectivity index (χ1v) is 11.6. The molecule has 32 heavy (non-hydrogen) atoms. The monoisotopic (exact) mass is 461 g/mol. The van der Waals surface area contributed by atoms with Crippen LogP contribution in [0.4, 0.5) is 13.2 Å². The van der Waals surface area contributed by atoms with Gasteiger partial charge in [0.25, 0.3) is 0 Å². The lowest BCUT2D eigenvalue weighted by Crippen LogP contribution is -2.47. The average Bonchev–Trinajstić information content (AvgIpc) is 3.07. The highest BCUT2D eigenvalue weighted by atomic mass is 19.4. The number of nitrogens with zero attached hydrogens (tertiary/aromatic N) is 1. The fourth-order valence-electron chi connectivity index (χ4n) is 4.75. The first kappa shape index (κ1) is 26.9. The van der Waals surface area contributed by atoms with E-state index in [4.69, 9.17) is 9.47 Å². The maximum Gasteiger partial charge on any atom is 0.416 e. The SMILES string of the molecule is CCCCCCC[C@@H]1[C@@H](N(C)CC(O)COc2cccc(C(F)(F)F)c2)[C@H](O)C[C@@H]1OC. The molecule has 1 aromatic rings. The maximum absolute atomic E-state index is 12.8. The van der Waals surface area contributed by atoms with E-state index in [1.54, 1.807) is 7.11 Å². The van der Waals surface area contributed by atoms with Crippen LogP contribution in [0, 0.1) is 5.92 Å². The molecule has 1 aliphatic rings. The number of rotatable bonds is 13. The Labute approximate surface area is 189 Å². The lowest BCUT2D eigenvalue weighted by molar-refractivity contribution is -0.137. The predicted molar refractivity (Wildman–Crippen MR) is 118 cm³/mol. The zero-order chi connectivity index (χ0) is 23.7. The van der Waals surface area contributed by atoms with Crippen molar-refractivity contribution in [2.75, 3.05) is 27.3 Å². The molecule has 0 aliphatic heterocycles. The third kappa shape index (κ3) is 7.90. The largest absolute Gasteiger partial charge is 0.491 e. The number of benzene rings is 1. The van der Waals surface area contributed by atoms with Gasteiger partial charge in [0, 0.05) is 32.0 Å². The molecule has 2 N–H and O–H groups in total. The molecule has 0 aromatic heterocycles. The Bertz CT molecular complexity index is 673. The van der Waals surface area contributed by atoms with Gasteiger partial charge in [-0.15, -0.1) is 0 Å². The standard InChI is InChI=1S/C24H38F3NO4/c1-4-5-6-7-8-12-20-22(31-3)14-21(30)23(20)28(2)15-18(29)16-32-19-11-9-10-17(13-19)24(25,26)27/h9-11,13,18,20-23,29-30H,4-8,12,14-16H2,1-3H3/t18?,20-,21+,22-,23+/m0/s1. The minimum atomic E-state index is -4.44. The van der Waals surface area contributed by atoms with Gasteiger partial charge in [0.15, 0.2) is 0 Å². The topological polar surface area (TPSA) is 62.2 Å². The maximum atomic E-state index is 12.8. The van der Waals surface area contributed by atoms with Crippen LogP contribution in [-0.2, 0) is 10.9 Å². The van der Waals surface area contributed by atoms with Crippen LogP contribution in [0.15, 0.2) is 24.3 Å². The number of aliphatic hydroxyl groups is 2. The molecule has 1 saturated carbocycles. The fraction of sp³-hybridized carbons (Fsp3) is 0.750. The first-order chi connectivity index (χ1) is 15.2. The first-order valence-electron chi connectivity index (χ1n) is 11.6. The summed E-state index contributed by atoms with van der Waals surface area (Å²) in [6.45, 7) is 2.29. The minimum absolute atomic E-state index is 0.0258. The van der Waals surface area contributed by atoms with Crippen LogP contribution in [0.5, 0.6) is 5.75 Å². The van der Waals surface area contributed by atoms with Gasteiger partial charge >= 0.3 is 6.18 Å². The van der Waals surface area contributed by atoms with Crippen molar-refractivity contribution in [3.63, 3.8) is 0 Å². The van der Waals surface area contributed by atoms with Crippen LogP contribution in [0.25, 0.3) is 0 Å². The van der Waals surface area contributed by atoms with Crippen molar-refractivity contribution in [2.45, 2.75) is 82.4 Å². The van der Waals surface area contributed by atoms with Gasteiger partial charge in [-0.25, -0.2) is 0 Å². The predicted octanol–water partition coefficient (Wildman–Crippen LogP) is 4.50. The number of hydrogen-bond donors (Lipinski definition) is 2. The molecule has 0 radical (unpaired) electrons. The molecule has 1 aromatic carbocycles. The Morgan fingerprint density at radius 1 is 1.19 bits per heavy atom. The molecule has 1 unspecified atom stereocenters. The van der Waals surface area contributed by atoms with E-state index in [-0.39, 0.29) is 37.0 Å². The van der Waals surface area contributed by atoms with Crippen molar-refractivity contribution < 1.29 is 32.9 Å². The third-order valence-corrected chi connectivity index (χ3v) is 6.34. The van der Waals surface area contributed by atoms with Crippen molar-refractivity contribution in [1.82, 2.24) is 4.90 Å². The molecule has 0 amide bonds. The van der Waals surface area contributed by atoms with Gasteiger partial charge in [-0.05, 0) is 31.7 Å². The highest BCUT2D eigenvalue weighted by molar-refractivity contribution is 5.30. The summed E-state index contributed by atoms with van der Waals surface area (Å²) in [5, 5.41) is 21.1. The van der Waals surface area contributed by atoms with Crippen molar-refractivity contribution in [3.8, 4) is 5.75 Å². The summed E-state index contributed by atoms with van der Waals surface area (Å²) in [5.41, 5.74) is -0.789. The lowest BCUT2D eigenvalue weighted by Gasteiger charge is -2.34. The second-order valence-electron chi connectivity index (χ2n) is 8.86. The van der Waals surface area contributed by atoms with E-state index in [0.717, 1.165) is 31.4 Å². The molecular weight excluding hydrogens is 423 g/mol. The number of alkyl halides is 3. The van der Waals surface area contributed by atoms with E-state index in [1.807, 2.05) is 11.9 Å². The van der Waals surface area contributed by atoms with Gasteiger partial charge in [0.2, 0.25) is 0 Å². The van der Waals surface area contributed by atoms with Crippen LogP contribution in [-0.4, -0.2) is 66.8 Å². The highest BCUT2D eigenvalue weighted by Crippen LogP contribution is 2.36. The average molecular weight is 462 g/mol. The summed E-state index contributed by atoms with van der Waals surface area (Å²) in [4.78, 5) is 1.93. The van der Waals surface area contributed by atoms with Gasteiger partial charge < -0.3 is 19.7 Å². The Morgan fingerprint density at radius 3 is 2.56 bits per heavy atom. The molecule has 0 bridgehead atoms. The number of unbranched alkanes of at least 4 members (excludes halogenated alkanes) is 4. The van der Waals surface area contributed by atoms with Crippen LogP contribution < -0.4 is 4.74 Å². The van der Waals surface area contributed by atoms with Gasteiger partial charge in [-0.3, -0.25) is 4.90 Å². The van der Waals surface area contributed by atoms with E-state index in [9.17, 15) is 23.4 Å². The van der Waals surface area contributed by atoms with Gasteiger partial charge in [-0.1, -0.05) is 45.1 Å². The zero-order valence-electron chi connectivity index (χ0n) is 19.4. The van der Waals surface area contributed by atoms with Crippen LogP contribution in [0.1, 0.15) is 57.4 Å². The molecule has 5 atom stereocenters. The zero-order valence-corrected chi connectivity index (χ0v) is 19.4. The quantitative estimate of drug-likeness (QED) is 0.424. The molecule has 1 fully saturated rings. The second-order valence-corrected chi connectivity index (χ2v) is 8.86. The Balaban J connectivity index is 1.90. The molecule has 2 rings (SSSR count). The number of hydrogen-bond acceptors (Lipinski definition) is 5. The van der Waals surface area contributed by atoms with Crippen LogP contribution >= 0.6 is 0 Å². The van der Waals surface area contributed by atoms with Crippen molar-refractivity contribution in [2.24, 2.45) is 5.92 Å². The Kier molecular flexibility index (Phi) is 10.7. The summed E-state index contributed by atoms with van der Waals surface area (Å²) >= 11 is 0. The number of likely N-dealkylation sites (N-methyl/N-ethyl adjacent to an activating group) is 1.